The van der Waals surface area contributed by atoms with Crippen LogP contribution in [-0.2, 0) is 10.0 Å². The van der Waals surface area contributed by atoms with Crippen LogP contribution < -0.4 is 2.94 Å². The Balaban J connectivity index is 3.14. The maximum absolute atomic E-state index is 11.2. The summed E-state index contributed by atoms with van der Waals surface area (Å²) in [6.45, 7) is 1.91. The van der Waals surface area contributed by atoms with Crippen LogP contribution in [0.1, 0.15) is 5.56 Å². The van der Waals surface area contributed by atoms with Crippen LogP contribution in [0.3, 0.4) is 0 Å². The Morgan fingerprint density at radius 3 is 2.17 bits per heavy atom. The lowest BCUT2D eigenvalue weighted by Gasteiger charge is -2.00. The van der Waals surface area contributed by atoms with Gasteiger partial charge < -0.3 is 0 Å². The lowest BCUT2D eigenvalue weighted by Crippen LogP contribution is -2.12. The molecule has 1 rings (SSSR count). The zero-order valence-electron chi connectivity index (χ0n) is 6.41. The molecule has 1 N–H and O–H groups in total. The number of rotatable bonds is 2. The van der Waals surface area contributed by atoms with Crippen molar-refractivity contribution in [3.05, 3.63) is 29.8 Å². The van der Waals surface area contributed by atoms with E-state index in [-0.39, 0.29) is 0 Å². The van der Waals surface area contributed by atoms with Crippen molar-refractivity contribution in [3.8, 4) is 0 Å². The van der Waals surface area contributed by atoms with Gasteiger partial charge in [0.2, 0.25) is 10.0 Å². The standard InChI is InChI=1S/C7H8INO2S/c1-6-2-4-7(5-3-6)12(10,11)9-8/h2-5,9H,1H3. The van der Waals surface area contributed by atoms with Crippen LogP contribution in [0.5, 0.6) is 0 Å². The van der Waals surface area contributed by atoms with E-state index in [0.29, 0.717) is 4.90 Å². The van der Waals surface area contributed by atoms with Gasteiger partial charge in [0.15, 0.2) is 0 Å². The molecule has 0 aliphatic carbocycles. The summed E-state index contributed by atoms with van der Waals surface area (Å²) < 4.78 is 24.6. The smallest absolute Gasteiger partial charge is 0.206 e. The average Bonchev–Trinajstić information content (AvgIpc) is 2.05. The molecule has 0 heterocycles. The summed E-state index contributed by atoms with van der Waals surface area (Å²) >= 11 is 1.60. The number of hydrogen-bond acceptors (Lipinski definition) is 2. The van der Waals surface area contributed by atoms with Gasteiger partial charge in [-0.25, -0.2) is 8.42 Å². The number of hydrogen-bond donors (Lipinski definition) is 1. The number of sulfonamides is 1. The van der Waals surface area contributed by atoms with Crippen molar-refractivity contribution >= 4 is 32.9 Å². The van der Waals surface area contributed by atoms with Gasteiger partial charge in [-0.2, -0.15) is 2.94 Å². The van der Waals surface area contributed by atoms with Crippen LogP contribution in [0, 0.1) is 6.92 Å². The minimum Gasteiger partial charge on any atom is -0.206 e. The van der Waals surface area contributed by atoms with E-state index in [2.05, 4.69) is 2.94 Å². The largest absolute Gasteiger partial charge is 0.249 e. The number of aryl methyl sites for hydroxylation is 1. The van der Waals surface area contributed by atoms with Crippen molar-refractivity contribution in [2.75, 3.05) is 0 Å². The second kappa shape index (κ2) is 3.71. The van der Waals surface area contributed by atoms with Crippen LogP contribution in [0.2, 0.25) is 0 Å². The Morgan fingerprint density at radius 1 is 1.25 bits per heavy atom. The molecule has 0 aromatic heterocycles. The van der Waals surface area contributed by atoms with Gasteiger partial charge in [-0.1, -0.05) is 17.7 Å². The van der Waals surface area contributed by atoms with Crippen molar-refractivity contribution < 1.29 is 8.42 Å². The zero-order valence-corrected chi connectivity index (χ0v) is 9.39. The fourth-order valence-corrected chi connectivity index (χ4v) is 2.11. The maximum Gasteiger partial charge on any atom is 0.249 e. The highest BCUT2D eigenvalue weighted by Crippen LogP contribution is 2.10. The lowest BCUT2D eigenvalue weighted by atomic mass is 10.2. The van der Waals surface area contributed by atoms with Crippen LogP contribution in [-0.4, -0.2) is 8.42 Å². The minimum atomic E-state index is -3.28. The van der Waals surface area contributed by atoms with Gasteiger partial charge in [0, 0.05) is 22.9 Å². The van der Waals surface area contributed by atoms with E-state index in [4.69, 9.17) is 0 Å². The predicted molar refractivity (Wildman–Crippen MR) is 55.5 cm³/mol. The quantitative estimate of drug-likeness (QED) is 0.666. The normalized spacial score (nSPS) is 11.5. The van der Waals surface area contributed by atoms with Crippen molar-refractivity contribution in [3.63, 3.8) is 0 Å². The SMILES string of the molecule is Cc1ccc(S(=O)(=O)NI)cc1. The first kappa shape index (κ1) is 9.94. The predicted octanol–water partition coefficient (Wildman–Crippen LogP) is 1.62. The summed E-state index contributed by atoms with van der Waals surface area (Å²) in [6.07, 6.45) is 0. The van der Waals surface area contributed by atoms with Gasteiger partial charge in [0.1, 0.15) is 0 Å². The fourth-order valence-electron chi connectivity index (χ4n) is 0.762. The maximum atomic E-state index is 11.2. The van der Waals surface area contributed by atoms with Gasteiger partial charge in [0.25, 0.3) is 0 Å². The van der Waals surface area contributed by atoms with Gasteiger partial charge in [-0.3, -0.25) is 0 Å². The van der Waals surface area contributed by atoms with Gasteiger partial charge in [-0.05, 0) is 19.1 Å². The van der Waals surface area contributed by atoms with E-state index >= 15 is 0 Å². The molecular formula is C7H8INO2S. The summed E-state index contributed by atoms with van der Waals surface area (Å²) in [5.41, 5.74) is 1.04. The molecule has 0 bridgehead atoms. The average molecular weight is 297 g/mol. The summed E-state index contributed by atoms with van der Waals surface area (Å²) in [4.78, 5) is 0.294. The molecule has 0 spiro atoms. The molecule has 0 unspecified atom stereocenters. The van der Waals surface area contributed by atoms with Gasteiger partial charge >= 0.3 is 0 Å². The Bertz CT molecular complexity index is 357. The summed E-state index contributed by atoms with van der Waals surface area (Å²) in [5.74, 6) is 0. The molecule has 0 aliphatic rings. The van der Waals surface area contributed by atoms with Crippen molar-refractivity contribution in [2.45, 2.75) is 11.8 Å². The third-order valence-electron chi connectivity index (χ3n) is 1.43. The highest BCUT2D eigenvalue weighted by molar-refractivity contribution is 14.1. The Hall–Kier alpha value is -0.140. The Morgan fingerprint density at radius 2 is 1.75 bits per heavy atom. The molecule has 12 heavy (non-hydrogen) atoms. The molecule has 3 nitrogen and oxygen atoms in total. The highest BCUT2D eigenvalue weighted by atomic mass is 127. The molecule has 0 radical (unpaired) electrons. The molecule has 0 saturated carbocycles. The molecule has 5 heteroatoms. The van der Waals surface area contributed by atoms with Gasteiger partial charge in [0.05, 0.1) is 4.90 Å². The lowest BCUT2D eigenvalue weighted by molar-refractivity contribution is 0.596. The van der Waals surface area contributed by atoms with Crippen molar-refractivity contribution in [2.24, 2.45) is 0 Å². The van der Waals surface area contributed by atoms with Crippen molar-refractivity contribution in [1.82, 2.24) is 2.94 Å². The molecule has 66 valence electrons. The molecule has 0 amide bonds. The summed E-state index contributed by atoms with van der Waals surface area (Å²) in [5, 5.41) is 0. The van der Waals surface area contributed by atoms with Crippen LogP contribution in [0.4, 0.5) is 0 Å². The third-order valence-corrected chi connectivity index (χ3v) is 4.27. The zero-order chi connectivity index (χ0) is 9.19. The molecule has 1 aromatic rings. The molecule has 1 aromatic carbocycles. The van der Waals surface area contributed by atoms with Crippen LogP contribution in [0.15, 0.2) is 29.2 Å². The molecule has 0 aliphatic heterocycles. The Kier molecular flexibility index (Phi) is 3.08. The number of nitrogens with one attached hydrogen (secondary N) is 1. The second-order valence-electron chi connectivity index (χ2n) is 2.39. The van der Waals surface area contributed by atoms with E-state index in [1.165, 1.54) is 0 Å². The minimum absolute atomic E-state index is 0.294. The summed E-state index contributed by atoms with van der Waals surface area (Å²) in [7, 11) is -3.28. The van der Waals surface area contributed by atoms with Gasteiger partial charge in [-0.15, -0.1) is 0 Å². The first-order valence-corrected chi connectivity index (χ1v) is 5.81. The molecular weight excluding hydrogens is 289 g/mol. The Labute approximate surface area is 85.7 Å². The highest BCUT2D eigenvalue weighted by Gasteiger charge is 2.10. The van der Waals surface area contributed by atoms with E-state index in [9.17, 15) is 8.42 Å². The number of benzene rings is 1. The van der Waals surface area contributed by atoms with Crippen LogP contribution >= 0.6 is 22.9 Å². The molecule has 0 atom stereocenters. The van der Waals surface area contributed by atoms with Crippen LogP contribution in [0.25, 0.3) is 0 Å². The first-order chi connectivity index (χ1) is 5.56. The van der Waals surface area contributed by atoms with Crippen molar-refractivity contribution in [1.29, 1.82) is 0 Å². The number of halogens is 1. The second-order valence-corrected chi connectivity index (χ2v) is 5.35. The monoisotopic (exact) mass is 297 g/mol. The van der Waals surface area contributed by atoms with E-state index in [0.717, 1.165) is 5.56 Å². The third kappa shape index (κ3) is 2.18. The van der Waals surface area contributed by atoms with E-state index in [1.807, 2.05) is 6.92 Å². The topological polar surface area (TPSA) is 46.2 Å². The molecule has 0 fully saturated rings. The molecule has 0 saturated heterocycles. The first-order valence-electron chi connectivity index (χ1n) is 3.25. The summed E-state index contributed by atoms with van der Waals surface area (Å²) in [6, 6.07) is 6.69. The van der Waals surface area contributed by atoms with E-state index < -0.39 is 10.0 Å². The fraction of sp³-hybridized carbons (Fsp3) is 0.143. The van der Waals surface area contributed by atoms with E-state index in [1.54, 1.807) is 47.1 Å².